The summed E-state index contributed by atoms with van der Waals surface area (Å²) in [6.45, 7) is 4.32. The third-order valence-corrected chi connectivity index (χ3v) is 4.09. The van der Waals surface area contributed by atoms with E-state index in [9.17, 15) is 4.79 Å². The van der Waals surface area contributed by atoms with Gasteiger partial charge in [0.05, 0.1) is 9.21 Å². The minimum absolute atomic E-state index is 0.00941. The number of hydrogen-bond donors (Lipinski definition) is 0. The first-order valence-electron chi connectivity index (χ1n) is 6.14. The number of thiophene rings is 1. The summed E-state index contributed by atoms with van der Waals surface area (Å²) < 4.78 is 0.637. The molecule has 0 fully saturated rings. The molecular weight excluding hydrogens is 276 g/mol. The second-order valence-electron chi connectivity index (χ2n) is 4.62. The Labute approximate surface area is 122 Å². The van der Waals surface area contributed by atoms with Crippen LogP contribution in [0.2, 0.25) is 4.34 Å². The van der Waals surface area contributed by atoms with Crippen LogP contribution in [-0.4, -0.2) is 5.78 Å². The lowest BCUT2D eigenvalue weighted by Gasteiger charge is -2.04. The molecule has 0 aliphatic heterocycles. The fraction of sp³-hybridized carbons (Fsp3) is 0.188. The minimum Gasteiger partial charge on any atom is -0.288 e. The number of halogens is 1. The molecule has 0 unspecified atom stereocenters. The zero-order chi connectivity index (χ0) is 13.8. The van der Waals surface area contributed by atoms with Crippen LogP contribution in [0.15, 0.2) is 42.5 Å². The molecule has 2 rings (SSSR count). The van der Waals surface area contributed by atoms with Gasteiger partial charge in [0.25, 0.3) is 0 Å². The molecule has 0 atom stereocenters. The summed E-state index contributed by atoms with van der Waals surface area (Å²) in [5.74, 6) is 0.512. The molecule has 0 N–H and O–H groups in total. The molecule has 3 heteroatoms. The van der Waals surface area contributed by atoms with E-state index in [0.717, 1.165) is 5.56 Å². The highest BCUT2D eigenvalue weighted by atomic mass is 35.5. The van der Waals surface area contributed by atoms with E-state index in [4.69, 9.17) is 11.6 Å². The summed E-state index contributed by atoms with van der Waals surface area (Å²) in [5.41, 5.74) is 2.33. The van der Waals surface area contributed by atoms with E-state index in [1.165, 1.54) is 16.9 Å². The molecule has 0 saturated carbocycles. The van der Waals surface area contributed by atoms with Gasteiger partial charge in [-0.05, 0) is 35.3 Å². The van der Waals surface area contributed by atoms with Crippen molar-refractivity contribution in [2.75, 3.05) is 0 Å². The maximum absolute atomic E-state index is 11.9. The van der Waals surface area contributed by atoms with Gasteiger partial charge in [-0.15, -0.1) is 11.3 Å². The first-order valence-corrected chi connectivity index (χ1v) is 7.33. The quantitative estimate of drug-likeness (QED) is 0.543. The average molecular weight is 291 g/mol. The zero-order valence-electron chi connectivity index (χ0n) is 10.9. The van der Waals surface area contributed by atoms with Gasteiger partial charge in [-0.25, -0.2) is 0 Å². The third-order valence-electron chi connectivity index (χ3n) is 2.85. The molecule has 0 amide bonds. The fourth-order valence-corrected chi connectivity index (χ4v) is 2.66. The fourth-order valence-electron chi connectivity index (χ4n) is 1.69. The van der Waals surface area contributed by atoms with Crippen LogP contribution in [0.3, 0.4) is 0 Å². The molecule has 2 aromatic rings. The molecule has 0 bridgehead atoms. The van der Waals surface area contributed by atoms with Crippen molar-refractivity contribution < 1.29 is 4.79 Å². The van der Waals surface area contributed by atoms with E-state index in [2.05, 4.69) is 26.0 Å². The average Bonchev–Trinajstić information content (AvgIpc) is 2.83. The number of benzene rings is 1. The van der Waals surface area contributed by atoms with Crippen LogP contribution in [-0.2, 0) is 0 Å². The summed E-state index contributed by atoms with van der Waals surface area (Å²) in [6.07, 6.45) is 3.42. The first-order chi connectivity index (χ1) is 9.06. The van der Waals surface area contributed by atoms with E-state index in [0.29, 0.717) is 15.1 Å². The number of ketones is 1. The maximum Gasteiger partial charge on any atom is 0.195 e. The molecule has 19 heavy (non-hydrogen) atoms. The molecule has 0 aliphatic carbocycles. The van der Waals surface area contributed by atoms with E-state index in [1.807, 2.05) is 18.2 Å². The molecular formula is C16H15ClOS. The third kappa shape index (κ3) is 3.79. The van der Waals surface area contributed by atoms with Gasteiger partial charge in [0.15, 0.2) is 5.78 Å². The topological polar surface area (TPSA) is 17.1 Å². The van der Waals surface area contributed by atoms with Gasteiger partial charge < -0.3 is 0 Å². The van der Waals surface area contributed by atoms with Crippen LogP contribution in [0.4, 0.5) is 0 Å². The van der Waals surface area contributed by atoms with Gasteiger partial charge >= 0.3 is 0 Å². The monoisotopic (exact) mass is 290 g/mol. The lowest BCUT2D eigenvalue weighted by atomic mass is 10.0. The summed E-state index contributed by atoms with van der Waals surface area (Å²) in [6, 6.07) is 11.7. The van der Waals surface area contributed by atoms with E-state index < -0.39 is 0 Å². The van der Waals surface area contributed by atoms with Gasteiger partial charge in [0, 0.05) is 0 Å². The van der Waals surface area contributed by atoms with Crippen molar-refractivity contribution in [3.63, 3.8) is 0 Å². The Morgan fingerprint density at radius 3 is 2.37 bits per heavy atom. The Morgan fingerprint density at radius 2 is 1.84 bits per heavy atom. The Kier molecular flexibility index (Phi) is 4.56. The van der Waals surface area contributed by atoms with Gasteiger partial charge in [0.2, 0.25) is 0 Å². The van der Waals surface area contributed by atoms with Crippen molar-refractivity contribution in [2.24, 2.45) is 0 Å². The lowest BCUT2D eigenvalue weighted by molar-refractivity contribution is 0.105. The van der Waals surface area contributed by atoms with Gasteiger partial charge in [-0.3, -0.25) is 4.79 Å². The Balaban J connectivity index is 2.08. The number of carbonyl (C=O) groups excluding carboxylic acids is 1. The van der Waals surface area contributed by atoms with Crippen molar-refractivity contribution in [1.82, 2.24) is 0 Å². The Hall–Kier alpha value is -1.38. The molecule has 0 saturated heterocycles. The van der Waals surface area contributed by atoms with Crippen molar-refractivity contribution in [1.29, 1.82) is 0 Å². The second-order valence-corrected chi connectivity index (χ2v) is 6.34. The van der Waals surface area contributed by atoms with Crippen LogP contribution >= 0.6 is 22.9 Å². The van der Waals surface area contributed by atoms with Crippen molar-refractivity contribution in [3.05, 3.63) is 62.8 Å². The molecule has 1 aromatic carbocycles. The molecule has 1 heterocycles. The summed E-state index contributed by atoms with van der Waals surface area (Å²) >= 11 is 7.11. The van der Waals surface area contributed by atoms with Crippen molar-refractivity contribution in [2.45, 2.75) is 19.8 Å². The van der Waals surface area contributed by atoms with Crippen molar-refractivity contribution in [3.8, 4) is 0 Å². The Bertz CT molecular complexity index is 593. The summed E-state index contributed by atoms with van der Waals surface area (Å²) in [4.78, 5) is 12.5. The second kappa shape index (κ2) is 6.18. The van der Waals surface area contributed by atoms with E-state index >= 15 is 0 Å². The molecule has 98 valence electrons. The van der Waals surface area contributed by atoms with Crippen LogP contribution in [0.1, 0.15) is 40.6 Å². The largest absolute Gasteiger partial charge is 0.288 e. The highest BCUT2D eigenvalue weighted by molar-refractivity contribution is 7.18. The molecule has 1 nitrogen and oxygen atoms in total. The predicted octanol–water partition coefficient (Wildman–Crippen LogP) is 5.42. The highest BCUT2D eigenvalue weighted by Crippen LogP contribution is 2.22. The van der Waals surface area contributed by atoms with Gasteiger partial charge in [0.1, 0.15) is 0 Å². The van der Waals surface area contributed by atoms with Crippen LogP contribution < -0.4 is 0 Å². The maximum atomic E-state index is 11.9. The predicted molar refractivity (Wildman–Crippen MR) is 83.2 cm³/mol. The van der Waals surface area contributed by atoms with Crippen LogP contribution in [0.25, 0.3) is 6.08 Å². The van der Waals surface area contributed by atoms with Crippen LogP contribution in [0, 0.1) is 0 Å². The van der Waals surface area contributed by atoms with Crippen molar-refractivity contribution >= 4 is 34.8 Å². The number of carbonyl (C=O) groups is 1. The van der Waals surface area contributed by atoms with E-state index in [1.54, 1.807) is 18.2 Å². The normalized spacial score (nSPS) is 11.4. The zero-order valence-corrected chi connectivity index (χ0v) is 12.5. The summed E-state index contributed by atoms with van der Waals surface area (Å²) in [7, 11) is 0. The Morgan fingerprint density at radius 1 is 1.16 bits per heavy atom. The number of hydrogen-bond acceptors (Lipinski definition) is 2. The van der Waals surface area contributed by atoms with Crippen LogP contribution in [0.5, 0.6) is 0 Å². The first kappa shape index (κ1) is 14.0. The van der Waals surface area contributed by atoms with Gasteiger partial charge in [-0.2, -0.15) is 0 Å². The number of allylic oxidation sites excluding steroid dienone is 1. The minimum atomic E-state index is -0.00941. The smallest absolute Gasteiger partial charge is 0.195 e. The highest BCUT2D eigenvalue weighted by Gasteiger charge is 2.04. The number of rotatable bonds is 4. The SMILES string of the molecule is CC(C)c1ccc(/C=C/C(=O)c2ccc(Cl)s2)cc1. The standard InChI is InChI=1S/C16H15ClOS/c1-11(2)13-6-3-12(4-7-13)5-8-14(18)15-9-10-16(17)19-15/h3-11H,1-2H3/b8-5+. The molecule has 0 spiro atoms. The lowest BCUT2D eigenvalue weighted by Crippen LogP contribution is -1.89. The molecule has 0 aliphatic rings. The van der Waals surface area contributed by atoms with Gasteiger partial charge in [-0.1, -0.05) is 55.8 Å². The van der Waals surface area contributed by atoms with E-state index in [-0.39, 0.29) is 5.78 Å². The molecule has 1 aromatic heterocycles. The molecule has 0 radical (unpaired) electrons. The summed E-state index contributed by atoms with van der Waals surface area (Å²) in [5, 5.41) is 0.